The number of halogens is 2. The zero-order chi connectivity index (χ0) is 13.3. The number of benzene rings is 1. The maximum Gasteiger partial charge on any atom is 0.291 e. The Morgan fingerprint density at radius 3 is 2.72 bits per heavy atom. The number of hydrogen-bond donors (Lipinski definition) is 2. The SMILES string of the molecule is Nc1nnc(S(=O)(=O)Nc2cc(Br)ccc2Cl)s1. The molecule has 0 aliphatic rings. The Hall–Kier alpha value is -0.900. The van der Waals surface area contributed by atoms with Crippen LogP contribution in [-0.4, -0.2) is 18.6 Å². The van der Waals surface area contributed by atoms with E-state index in [1.165, 1.54) is 0 Å². The normalized spacial score (nSPS) is 11.4. The lowest BCUT2D eigenvalue weighted by molar-refractivity contribution is 0.599. The Balaban J connectivity index is 2.36. The molecule has 0 saturated carbocycles. The summed E-state index contributed by atoms with van der Waals surface area (Å²) >= 11 is 9.89. The van der Waals surface area contributed by atoms with Crippen LogP contribution in [0.3, 0.4) is 0 Å². The Morgan fingerprint density at radius 2 is 2.11 bits per heavy atom. The summed E-state index contributed by atoms with van der Waals surface area (Å²) in [5, 5.41) is 7.28. The van der Waals surface area contributed by atoms with Gasteiger partial charge in [-0.1, -0.05) is 38.9 Å². The number of anilines is 2. The molecule has 0 amide bonds. The van der Waals surface area contributed by atoms with Crippen molar-refractivity contribution in [1.29, 1.82) is 0 Å². The van der Waals surface area contributed by atoms with Gasteiger partial charge in [-0.3, -0.25) is 4.72 Å². The van der Waals surface area contributed by atoms with Crippen molar-refractivity contribution in [2.24, 2.45) is 0 Å². The molecule has 10 heteroatoms. The van der Waals surface area contributed by atoms with Gasteiger partial charge in [0.1, 0.15) is 0 Å². The van der Waals surface area contributed by atoms with Crippen molar-refractivity contribution in [3.05, 3.63) is 27.7 Å². The van der Waals surface area contributed by atoms with Crippen molar-refractivity contribution in [2.45, 2.75) is 4.34 Å². The van der Waals surface area contributed by atoms with Crippen LogP contribution in [0.5, 0.6) is 0 Å². The van der Waals surface area contributed by atoms with E-state index < -0.39 is 10.0 Å². The van der Waals surface area contributed by atoms with Crippen LogP contribution >= 0.6 is 38.9 Å². The minimum absolute atomic E-state index is 0.0794. The van der Waals surface area contributed by atoms with Crippen LogP contribution in [0.25, 0.3) is 0 Å². The molecule has 0 atom stereocenters. The van der Waals surface area contributed by atoms with Gasteiger partial charge in [0.05, 0.1) is 10.7 Å². The van der Waals surface area contributed by atoms with Gasteiger partial charge < -0.3 is 5.73 Å². The number of nitrogens with two attached hydrogens (primary N) is 1. The van der Waals surface area contributed by atoms with Crippen molar-refractivity contribution in [1.82, 2.24) is 10.2 Å². The predicted molar refractivity (Wildman–Crippen MR) is 74.3 cm³/mol. The Morgan fingerprint density at radius 1 is 1.39 bits per heavy atom. The van der Waals surface area contributed by atoms with Crippen molar-refractivity contribution < 1.29 is 8.42 Å². The molecule has 2 rings (SSSR count). The van der Waals surface area contributed by atoms with E-state index in [1.54, 1.807) is 18.2 Å². The van der Waals surface area contributed by atoms with Gasteiger partial charge in [0.15, 0.2) is 0 Å². The first-order chi connectivity index (χ1) is 8.38. The smallest absolute Gasteiger partial charge is 0.291 e. The zero-order valence-corrected chi connectivity index (χ0v) is 12.6. The first kappa shape index (κ1) is 13.5. The molecule has 96 valence electrons. The molecule has 0 unspecified atom stereocenters. The van der Waals surface area contributed by atoms with Gasteiger partial charge in [0.2, 0.25) is 5.13 Å². The fourth-order valence-corrected chi connectivity index (χ4v) is 3.53. The summed E-state index contributed by atoms with van der Waals surface area (Å²) in [7, 11) is -3.82. The standard InChI is InChI=1S/C8H6BrClN4O2S2/c9-4-1-2-5(10)6(3-4)14-18(15,16)8-13-12-7(11)17-8/h1-3,14H,(H2,11,12). The van der Waals surface area contributed by atoms with Gasteiger partial charge in [-0.15, -0.1) is 10.2 Å². The third kappa shape index (κ3) is 2.91. The minimum Gasteiger partial charge on any atom is -0.374 e. The van der Waals surface area contributed by atoms with Crippen LogP contribution in [0.1, 0.15) is 0 Å². The van der Waals surface area contributed by atoms with E-state index in [2.05, 4.69) is 30.8 Å². The molecule has 0 fully saturated rings. The Kier molecular flexibility index (Phi) is 3.76. The van der Waals surface area contributed by atoms with Crippen molar-refractivity contribution in [2.75, 3.05) is 10.5 Å². The van der Waals surface area contributed by atoms with Crippen LogP contribution in [0, 0.1) is 0 Å². The van der Waals surface area contributed by atoms with Crippen LogP contribution in [0.15, 0.2) is 27.0 Å². The van der Waals surface area contributed by atoms with Crippen molar-refractivity contribution in [3.63, 3.8) is 0 Å². The molecule has 0 bridgehead atoms. The lowest BCUT2D eigenvalue weighted by Crippen LogP contribution is -2.13. The molecule has 0 saturated heterocycles. The van der Waals surface area contributed by atoms with E-state index in [0.29, 0.717) is 4.47 Å². The molecule has 3 N–H and O–H groups in total. The number of hydrogen-bond acceptors (Lipinski definition) is 6. The highest BCUT2D eigenvalue weighted by atomic mass is 79.9. The summed E-state index contributed by atoms with van der Waals surface area (Å²) in [5.41, 5.74) is 5.59. The predicted octanol–water partition coefficient (Wildman–Crippen LogP) is 2.34. The second kappa shape index (κ2) is 5.00. The summed E-state index contributed by atoms with van der Waals surface area (Å²) in [5.74, 6) is 0. The molecule has 2 aromatic rings. The second-order valence-corrected chi connectivity index (χ2v) is 7.32. The third-order valence-corrected chi connectivity index (χ3v) is 5.13. The van der Waals surface area contributed by atoms with E-state index in [0.717, 1.165) is 11.3 Å². The molecule has 0 radical (unpaired) electrons. The average Bonchev–Trinajstić information content (AvgIpc) is 2.71. The number of nitrogen functional groups attached to an aromatic ring is 1. The molecule has 0 spiro atoms. The van der Waals surface area contributed by atoms with E-state index >= 15 is 0 Å². The molecule has 0 aliphatic carbocycles. The quantitative estimate of drug-likeness (QED) is 0.865. The highest BCUT2D eigenvalue weighted by Crippen LogP contribution is 2.28. The second-order valence-electron chi connectivity index (χ2n) is 3.14. The lowest BCUT2D eigenvalue weighted by atomic mass is 10.3. The molecule has 0 aliphatic heterocycles. The molecular formula is C8H6BrClN4O2S2. The Labute approximate surface area is 120 Å². The molecule has 18 heavy (non-hydrogen) atoms. The number of aromatic nitrogens is 2. The molecular weight excluding hydrogens is 364 g/mol. The lowest BCUT2D eigenvalue weighted by Gasteiger charge is -2.07. The molecule has 1 heterocycles. The van der Waals surface area contributed by atoms with Crippen molar-refractivity contribution in [3.8, 4) is 0 Å². The summed E-state index contributed by atoms with van der Waals surface area (Å²) in [6, 6.07) is 4.81. The monoisotopic (exact) mass is 368 g/mol. The van der Waals surface area contributed by atoms with Crippen LogP contribution < -0.4 is 10.5 Å². The van der Waals surface area contributed by atoms with Crippen molar-refractivity contribution >= 4 is 59.7 Å². The summed E-state index contributed by atoms with van der Waals surface area (Å²) in [6.07, 6.45) is 0. The van der Waals surface area contributed by atoms with Gasteiger partial charge in [0, 0.05) is 4.47 Å². The number of nitrogens with one attached hydrogen (secondary N) is 1. The van der Waals surface area contributed by atoms with Crippen LogP contribution in [0.4, 0.5) is 10.8 Å². The third-order valence-electron chi connectivity index (χ3n) is 1.82. The van der Waals surface area contributed by atoms with Gasteiger partial charge >= 0.3 is 0 Å². The first-order valence-electron chi connectivity index (χ1n) is 4.45. The maximum atomic E-state index is 11.9. The van der Waals surface area contributed by atoms with E-state index in [9.17, 15) is 8.42 Å². The zero-order valence-electron chi connectivity index (χ0n) is 8.59. The number of rotatable bonds is 3. The number of nitrogens with zero attached hydrogens (tertiary/aromatic N) is 2. The fourth-order valence-electron chi connectivity index (χ4n) is 1.09. The summed E-state index contributed by atoms with van der Waals surface area (Å²) < 4.78 is 26.7. The molecule has 1 aromatic heterocycles. The fraction of sp³-hybridized carbons (Fsp3) is 0. The van der Waals surface area contributed by atoms with Gasteiger partial charge in [-0.2, -0.15) is 8.42 Å². The highest BCUT2D eigenvalue weighted by molar-refractivity contribution is 9.10. The largest absolute Gasteiger partial charge is 0.374 e. The highest BCUT2D eigenvalue weighted by Gasteiger charge is 2.20. The van der Waals surface area contributed by atoms with Crippen LogP contribution in [-0.2, 0) is 10.0 Å². The molecule has 1 aromatic carbocycles. The first-order valence-corrected chi connectivity index (χ1v) is 7.92. The van der Waals surface area contributed by atoms with Gasteiger partial charge in [-0.05, 0) is 18.2 Å². The minimum atomic E-state index is -3.82. The summed E-state index contributed by atoms with van der Waals surface area (Å²) in [4.78, 5) is 0. The van der Waals surface area contributed by atoms with Gasteiger partial charge in [0.25, 0.3) is 14.4 Å². The van der Waals surface area contributed by atoms with Crippen LogP contribution in [0.2, 0.25) is 5.02 Å². The Bertz CT molecular complexity index is 688. The number of sulfonamides is 1. The van der Waals surface area contributed by atoms with E-state index in [1.807, 2.05) is 0 Å². The topological polar surface area (TPSA) is 98.0 Å². The van der Waals surface area contributed by atoms with E-state index in [-0.39, 0.29) is 20.2 Å². The molecule has 6 nitrogen and oxygen atoms in total. The average molecular weight is 370 g/mol. The van der Waals surface area contributed by atoms with E-state index in [4.69, 9.17) is 17.3 Å². The maximum absolute atomic E-state index is 11.9. The summed E-state index contributed by atoms with van der Waals surface area (Å²) in [6.45, 7) is 0. The van der Waals surface area contributed by atoms with Gasteiger partial charge in [-0.25, -0.2) is 0 Å².